The van der Waals surface area contributed by atoms with E-state index in [4.69, 9.17) is 61.6 Å². The van der Waals surface area contributed by atoms with Gasteiger partial charge in [0.25, 0.3) is 0 Å². The van der Waals surface area contributed by atoms with Crippen LogP contribution >= 0.6 is 0 Å². The zero-order chi connectivity index (χ0) is 59.0. The van der Waals surface area contributed by atoms with Crippen LogP contribution in [0.2, 0.25) is 0 Å². The van der Waals surface area contributed by atoms with E-state index in [0.29, 0.717) is 5.75 Å². The zero-order valence-electron chi connectivity index (χ0n) is 42.9. The number of hydrogen-bond donors (Lipinski definition) is 1. The fraction of sp³-hybridized carbons (Fsp3) is 0.102. The van der Waals surface area contributed by atoms with Gasteiger partial charge in [0.15, 0.2) is 0 Å². The molecule has 0 amide bonds. The van der Waals surface area contributed by atoms with Crippen LogP contribution in [0.4, 0.5) is 0 Å². The summed E-state index contributed by atoms with van der Waals surface area (Å²) in [5, 5.41) is 9.75. The number of rotatable bonds is 28. The summed E-state index contributed by atoms with van der Waals surface area (Å²) in [4.78, 5) is 115. The summed E-state index contributed by atoms with van der Waals surface area (Å²) in [6, 6.07) is 28.4. The smallest absolute Gasteiger partial charge is 0.344 e. The molecule has 0 aliphatic heterocycles. The Hall–Kier alpha value is -11.3. The highest BCUT2D eigenvalue weighted by Crippen LogP contribution is 2.30. The van der Waals surface area contributed by atoms with Crippen molar-refractivity contribution in [1.29, 1.82) is 0 Å². The van der Waals surface area contributed by atoms with Crippen molar-refractivity contribution in [2.45, 2.75) is 6.10 Å². The lowest BCUT2D eigenvalue weighted by Gasteiger charge is -2.14. The van der Waals surface area contributed by atoms with Crippen LogP contribution in [0.25, 0.3) is 0 Å². The minimum absolute atomic E-state index is 0.00674. The van der Waals surface area contributed by atoms with Gasteiger partial charge in [-0.05, 0) is 133 Å². The molecule has 6 aromatic rings. The molecule has 23 heteroatoms. The molecule has 1 atom stereocenters. The molecule has 0 aromatic heterocycles. The number of ether oxygens (including phenoxy) is 13. The lowest BCUT2D eigenvalue weighted by molar-refractivity contribution is -0.145. The van der Waals surface area contributed by atoms with Crippen LogP contribution in [0.1, 0.15) is 62.1 Å². The molecule has 23 nitrogen and oxygen atoms in total. The number of carbonyl (C=O) groups excluding carboxylic acids is 9. The molecule has 6 rings (SSSR count). The van der Waals surface area contributed by atoms with Crippen LogP contribution in [0, 0.1) is 0 Å². The Bertz CT molecular complexity index is 3350. The molecule has 82 heavy (non-hydrogen) atoms. The van der Waals surface area contributed by atoms with Crippen LogP contribution in [0.3, 0.4) is 0 Å². The van der Waals surface area contributed by atoms with E-state index in [0.717, 1.165) is 42.5 Å². The van der Waals surface area contributed by atoms with E-state index < -0.39 is 110 Å². The second kappa shape index (κ2) is 30.0. The molecule has 1 N–H and O–H groups in total. The molecule has 0 aliphatic carbocycles. The van der Waals surface area contributed by atoms with E-state index in [1.54, 1.807) is 0 Å². The predicted octanol–water partition coefficient (Wildman–Crippen LogP) is 7.66. The molecule has 0 bridgehead atoms. The van der Waals surface area contributed by atoms with E-state index >= 15 is 0 Å². The first-order valence-electron chi connectivity index (χ1n) is 23.7. The fourth-order valence-electron chi connectivity index (χ4n) is 6.23. The third kappa shape index (κ3) is 18.1. The average molecular weight is 1120 g/mol. The second-order valence-electron chi connectivity index (χ2n) is 15.9. The summed E-state index contributed by atoms with van der Waals surface area (Å²) in [5.41, 5.74) is -1.08. The molecule has 0 radical (unpaired) electrons. The van der Waals surface area contributed by atoms with E-state index in [-0.39, 0.29) is 57.6 Å². The first kappa shape index (κ1) is 59.9. The van der Waals surface area contributed by atoms with Gasteiger partial charge < -0.3 is 66.7 Å². The Balaban J connectivity index is 1.21. The Kier molecular flexibility index (Phi) is 21.9. The zero-order valence-corrected chi connectivity index (χ0v) is 42.9. The number of carbonyl (C=O) groups is 9. The largest absolute Gasteiger partial charge is 0.491 e. The number of hydrogen-bond acceptors (Lipinski definition) is 23. The molecule has 0 saturated heterocycles. The molecule has 0 spiro atoms. The minimum atomic E-state index is -1.29. The van der Waals surface area contributed by atoms with Crippen molar-refractivity contribution in [2.24, 2.45) is 0 Å². The maximum Gasteiger partial charge on any atom is 0.344 e. The summed E-state index contributed by atoms with van der Waals surface area (Å²) >= 11 is 0. The third-order valence-corrected chi connectivity index (χ3v) is 10.4. The molecule has 0 heterocycles. The Morgan fingerprint density at radius 1 is 0.354 bits per heavy atom. The summed E-state index contributed by atoms with van der Waals surface area (Å²) < 4.78 is 68.5. The maximum atomic E-state index is 13.9. The van der Waals surface area contributed by atoms with Gasteiger partial charge in [0.2, 0.25) is 27.2 Å². The first-order valence-corrected chi connectivity index (χ1v) is 23.7. The first-order chi connectivity index (χ1) is 39.5. The Morgan fingerprint density at radius 3 is 0.951 bits per heavy atom. The molecule has 1 unspecified atom stereocenters. The normalized spacial score (nSPS) is 10.6. The van der Waals surface area contributed by atoms with Crippen molar-refractivity contribution < 1.29 is 110 Å². The molecule has 420 valence electrons. The van der Waals surface area contributed by atoms with Gasteiger partial charge in [-0.1, -0.05) is 25.8 Å². The standard InChI is InChI=1S/C59H46O23/c1-5-40(60)31-70-41-17-9-38(10-18-41)56(66)81-49-27-25-45(79-54(64)36-11-19-42(20-12-36)71-32-74-51(61)6-2)29-47(49)58(68)77-35-78-59(69)48-30-46(80-55(65)37-13-21-43(22-14-37)72-33-75-52(62)7-3)26-28-50(48)82-57(67)39-15-23-44(24-16-39)73-34-76-53(63)8-4/h5-30,40,60H,1-4,31-35H2. The van der Waals surface area contributed by atoms with Gasteiger partial charge in [-0.2, -0.15) is 0 Å². The maximum absolute atomic E-state index is 13.9. The molecule has 0 saturated carbocycles. The lowest BCUT2D eigenvalue weighted by Crippen LogP contribution is -2.18. The van der Waals surface area contributed by atoms with E-state index in [9.17, 15) is 48.3 Å². The second-order valence-corrected chi connectivity index (χ2v) is 15.9. The van der Waals surface area contributed by atoms with Gasteiger partial charge in [0, 0.05) is 18.2 Å². The van der Waals surface area contributed by atoms with E-state index in [2.05, 4.69) is 26.3 Å². The van der Waals surface area contributed by atoms with Crippen LogP contribution in [0.15, 0.2) is 184 Å². The SMILES string of the molecule is C=CC(=O)OCOc1ccc(C(=O)Oc2ccc(OC(=O)c3ccc(OCOC(=O)C=C)cc3)c(C(=O)OCOC(=O)c3cc(OC(=O)c4ccc(OCOC(=O)C=C)cc4)ccc3OC(=O)c3ccc(OCC(O)C=C)cc3)c2)cc1. The number of benzene rings is 6. The Labute approximate surface area is 465 Å². The number of aliphatic hydroxyl groups is 1. The highest BCUT2D eigenvalue weighted by atomic mass is 16.7. The van der Waals surface area contributed by atoms with Crippen LogP contribution in [-0.2, 0) is 38.1 Å². The van der Waals surface area contributed by atoms with Gasteiger partial charge in [-0.3, -0.25) is 0 Å². The van der Waals surface area contributed by atoms with Crippen molar-refractivity contribution in [1.82, 2.24) is 0 Å². The fourth-order valence-corrected chi connectivity index (χ4v) is 6.23. The highest BCUT2D eigenvalue weighted by Gasteiger charge is 2.24. The minimum Gasteiger partial charge on any atom is -0.491 e. The molecule has 6 aromatic carbocycles. The van der Waals surface area contributed by atoms with Gasteiger partial charge in [-0.25, -0.2) is 43.2 Å². The lowest BCUT2D eigenvalue weighted by atomic mass is 10.1. The molecule has 0 aliphatic rings. The van der Waals surface area contributed by atoms with Crippen molar-refractivity contribution in [3.05, 3.63) is 217 Å². The van der Waals surface area contributed by atoms with Gasteiger partial charge >= 0.3 is 53.7 Å². The van der Waals surface area contributed by atoms with Crippen LogP contribution in [-0.4, -0.2) is 98.7 Å². The third-order valence-electron chi connectivity index (χ3n) is 10.4. The van der Waals surface area contributed by atoms with Gasteiger partial charge in [0.05, 0.1) is 22.3 Å². The van der Waals surface area contributed by atoms with Crippen molar-refractivity contribution in [3.8, 4) is 46.0 Å². The number of aliphatic hydroxyl groups excluding tert-OH is 1. The topological polar surface area (TPSA) is 294 Å². The quantitative estimate of drug-likeness (QED) is 0.0123. The van der Waals surface area contributed by atoms with Crippen molar-refractivity contribution in [2.75, 3.05) is 33.8 Å². The van der Waals surface area contributed by atoms with Crippen LogP contribution < -0.4 is 37.9 Å². The number of esters is 9. The summed E-state index contributed by atoms with van der Waals surface area (Å²) in [6.07, 6.45) is 3.17. The summed E-state index contributed by atoms with van der Waals surface area (Å²) in [6.45, 7) is 10.8. The highest BCUT2D eigenvalue weighted by molar-refractivity contribution is 5.99. The van der Waals surface area contributed by atoms with Gasteiger partial charge in [-0.15, -0.1) is 6.58 Å². The van der Waals surface area contributed by atoms with Crippen LogP contribution in [0.5, 0.6) is 46.0 Å². The molecular formula is C59H46O23. The van der Waals surface area contributed by atoms with Gasteiger partial charge in [0.1, 0.15) is 69.8 Å². The van der Waals surface area contributed by atoms with Crippen molar-refractivity contribution >= 4 is 53.7 Å². The molecule has 0 fully saturated rings. The average Bonchev–Trinajstić information content (AvgIpc) is 3.52. The van der Waals surface area contributed by atoms with E-state index in [1.165, 1.54) is 115 Å². The van der Waals surface area contributed by atoms with Crippen molar-refractivity contribution in [3.63, 3.8) is 0 Å². The Morgan fingerprint density at radius 2 is 0.646 bits per heavy atom. The predicted molar refractivity (Wildman–Crippen MR) is 281 cm³/mol. The van der Waals surface area contributed by atoms with E-state index in [1.807, 2.05) is 0 Å². The summed E-state index contributed by atoms with van der Waals surface area (Å²) in [7, 11) is 0. The molecular weight excluding hydrogens is 1080 g/mol. The monoisotopic (exact) mass is 1120 g/mol. The summed E-state index contributed by atoms with van der Waals surface area (Å²) in [5.74, 6) is -8.95.